The van der Waals surface area contributed by atoms with Crippen molar-refractivity contribution in [3.8, 4) is 0 Å². The summed E-state index contributed by atoms with van der Waals surface area (Å²) in [6, 6.07) is 7.97. The molecule has 1 heterocycles. The zero-order valence-corrected chi connectivity index (χ0v) is 23.3. The van der Waals surface area contributed by atoms with Crippen molar-refractivity contribution in [2.75, 3.05) is 19.8 Å². The van der Waals surface area contributed by atoms with Crippen LogP contribution in [0, 0.1) is 6.92 Å². The van der Waals surface area contributed by atoms with E-state index in [4.69, 9.17) is 44.3 Å². The molecular weight excluding hydrogens is 567 g/mol. The summed E-state index contributed by atoms with van der Waals surface area (Å²) in [6.45, 7) is 4.62. The number of hydrogen-bond acceptors (Lipinski definition) is 7. The Hall–Kier alpha value is -2.37. The van der Waals surface area contributed by atoms with Crippen LogP contribution in [0.3, 0.4) is 0 Å². The van der Waals surface area contributed by atoms with Crippen molar-refractivity contribution < 1.29 is 32.3 Å². The highest BCUT2D eigenvalue weighted by Gasteiger charge is 2.41. The number of esters is 2. The fourth-order valence-electron chi connectivity index (χ4n) is 3.95. The number of rotatable bonds is 7. The van der Waals surface area contributed by atoms with Gasteiger partial charge in [-0.2, -0.15) is 4.31 Å². The highest BCUT2D eigenvalue weighted by molar-refractivity contribution is 7.89. The highest BCUT2D eigenvalue weighted by Crippen LogP contribution is 2.36. The molecule has 1 N–H and O–H groups in total. The first kappa shape index (κ1) is 29.2. The number of alkyl halides is 3. The number of sulfonamides is 1. The van der Waals surface area contributed by atoms with Gasteiger partial charge in [0.2, 0.25) is 10.0 Å². The molecule has 13 heteroatoms. The van der Waals surface area contributed by atoms with Crippen LogP contribution in [0.1, 0.15) is 57.3 Å². The third-order valence-electron chi connectivity index (χ3n) is 5.61. The Morgan fingerprint density at radius 2 is 1.59 bits per heavy atom. The number of hydrogen-bond donors (Lipinski definition) is 1. The number of carbonyl (C=O) groups excluding carboxylic acids is 3. The van der Waals surface area contributed by atoms with Gasteiger partial charge in [0.1, 0.15) is 0 Å². The topological polar surface area (TPSA) is 119 Å². The van der Waals surface area contributed by atoms with E-state index >= 15 is 0 Å². The van der Waals surface area contributed by atoms with Crippen LogP contribution >= 0.6 is 34.8 Å². The van der Waals surface area contributed by atoms with Crippen molar-refractivity contribution in [2.24, 2.45) is 0 Å². The number of nitrogens with one attached hydrogen (secondary N) is 1. The van der Waals surface area contributed by atoms with Crippen molar-refractivity contribution in [3.05, 3.63) is 64.2 Å². The van der Waals surface area contributed by atoms with E-state index in [1.54, 1.807) is 26.0 Å². The van der Waals surface area contributed by atoms with Gasteiger partial charge in [0.05, 0.1) is 35.3 Å². The molecule has 1 aliphatic heterocycles. The van der Waals surface area contributed by atoms with Crippen LogP contribution in [0.2, 0.25) is 0 Å². The van der Waals surface area contributed by atoms with Crippen molar-refractivity contribution in [3.63, 3.8) is 0 Å². The standard InChI is InChI=1S/C24H25Cl3N2O7S/c1-4-35-21(30)17-11-8-15-12-29(37(33,34)16-9-6-14(3)7-10-16)13-18(28-23(32)24(25,26)27)19(15)20(17)22(31)36-5-2/h6-11,18H,4-5,12-13H2,1-3H3,(H,28,32). The molecule has 0 fully saturated rings. The largest absolute Gasteiger partial charge is 0.462 e. The molecule has 0 spiro atoms. The Bertz CT molecular complexity index is 1310. The summed E-state index contributed by atoms with van der Waals surface area (Å²) in [6.07, 6.45) is 0. The first-order valence-electron chi connectivity index (χ1n) is 11.3. The lowest BCUT2D eigenvalue weighted by Crippen LogP contribution is -2.47. The molecule has 1 atom stereocenters. The number of fused-ring (bicyclic) bond motifs is 1. The Balaban J connectivity index is 2.20. The summed E-state index contributed by atoms with van der Waals surface area (Å²) >= 11 is 17.3. The molecular formula is C24H25Cl3N2O7S. The van der Waals surface area contributed by atoms with Crippen LogP contribution in [0.15, 0.2) is 41.3 Å². The minimum absolute atomic E-state index is 0.00384. The maximum absolute atomic E-state index is 13.5. The number of amides is 1. The van der Waals surface area contributed by atoms with Gasteiger partial charge in [0.25, 0.3) is 9.70 Å². The zero-order valence-electron chi connectivity index (χ0n) is 20.2. The van der Waals surface area contributed by atoms with Crippen LogP contribution in [0.25, 0.3) is 0 Å². The summed E-state index contributed by atoms with van der Waals surface area (Å²) in [5, 5.41) is 2.51. The molecule has 0 bridgehead atoms. The molecule has 2 aromatic carbocycles. The average Bonchev–Trinajstić information content (AvgIpc) is 2.83. The predicted molar refractivity (Wildman–Crippen MR) is 138 cm³/mol. The van der Waals surface area contributed by atoms with E-state index in [9.17, 15) is 22.8 Å². The summed E-state index contributed by atoms with van der Waals surface area (Å²) in [5.41, 5.74) is 1.16. The molecule has 1 unspecified atom stereocenters. The van der Waals surface area contributed by atoms with Gasteiger partial charge in [0.15, 0.2) is 0 Å². The Morgan fingerprint density at radius 1 is 1.00 bits per heavy atom. The van der Waals surface area contributed by atoms with Gasteiger partial charge in [-0.15, -0.1) is 0 Å². The number of halogens is 3. The maximum Gasteiger partial charge on any atom is 0.339 e. The summed E-state index contributed by atoms with van der Waals surface area (Å²) in [7, 11) is -4.03. The molecule has 0 saturated carbocycles. The van der Waals surface area contributed by atoms with Gasteiger partial charge in [-0.1, -0.05) is 58.6 Å². The lowest BCUT2D eigenvalue weighted by atomic mass is 9.88. The molecule has 2 aromatic rings. The fourth-order valence-corrected chi connectivity index (χ4v) is 5.55. The first-order chi connectivity index (χ1) is 17.3. The second kappa shape index (κ2) is 11.6. The van der Waals surface area contributed by atoms with Gasteiger partial charge in [-0.3, -0.25) is 4.79 Å². The second-order valence-corrected chi connectivity index (χ2v) is 12.4. The maximum atomic E-state index is 13.5. The number of ether oxygens (including phenoxy) is 2. The quantitative estimate of drug-likeness (QED) is 0.381. The molecule has 1 amide bonds. The zero-order chi connectivity index (χ0) is 27.5. The van der Waals surface area contributed by atoms with Gasteiger partial charge in [-0.25, -0.2) is 18.0 Å². The van der Waals surface area contributed by atoms with Crippen LogP contribution in [0.5, 0.6) is 0 Å². The summed E-state index contributed by atoms with van der Waals surface area (Å²) < 4.78 is 36.0. The normalized spacial score (nSPS) is 16.0. The van der Waals surface area contributed by atoms with E-state index < -0.39 is 37.7 Å². The molecule has 37 heavy (non-hydrogen) atoms. The van der Waals surface area contributed by atoms with E-state index in [0.717, 1.165) is 9.87 Å². The summed E-state index contributed by atoms with van der Waals surface area (Å²) in [5.74, 6) is -2.67. The van der Waals surface area contributed by atoms with Crippen LogP contribution in [-0.2, 0) is 30.8 Å². The Kier molecular flexibility index (Phi) is 9.13. The second-order valence-electron chi connectivity index (χ2n) is 8.14. The monoisotopic (exact) mass is 590 g/mol. The van der Waals surface area contributed by atoms with Crippen molar-refractivity contribution in [1.82, 2.24) is 9.62 Å². The van der Waals surface area contributed by atoms with Gasteiger partial charge in [0, 0.05) is 13.1 Å². The highest BCUT2D eigenvalue weighted by atomic mass is 35.6. The van der Waals surface area contributed by atoms with E-state index in [0.29, 0.717) is 5.56 Å². The van der Waals surface area contributed by atoms with E-state index in [1.807, 2.05) is 6.92 Å². The number of carbonyl (C=O) groups is 3. The molecule has 9 nitrogen and oxygen atoms in total. The van der Waals surface area contributed by atoms with Crippen LogP contribution in [0.4, 0.5) is 0 Å². The number of nitrogens with zero attached hydrogens (tertiary/aromatic N) is 1. The molecule has 3 rings (SSSR count). The molecule has 0 aromatic heterocycles. The minimum atomic E-state index is -4.03. The third-order valence-corrected chi connectivity index (χ3v) is 7.95. The van der Waals surface area contributed by atoms with Crippen molar-refractivity contribution >= 4 is 62.7 Å². The summed E-state index contributed by atoms with van der Waals surface area (Å²) in [4.78, 5) is 38.4. The fraction of sp³-hybridized carbons (Fsp3) is 0.375. The number of aryl methyl sites for hydroxylation is 1. The van der Waals surface area contributed by atoms with E-state index in [2.05, 4.69) is 5.32 Å². The van der Waals surface area contributed by atoms with Gasteiger partial charge in [-0.05, 0) is 50.1 Å². The average molecular weight is 592 g/mol. The lowest BCUT2D eigenvalue weighted by Gasteiger charge is -2.36. The molecule has 0 radical (unpaired) electrons. The van der Waals surface area contributed by atoms with Gasteiger partial charge < -0.3 is 14.8 Å². The molecule has 0 saturated heterocycles. The van der Waals surface area contributed by atoms with Gasteiger partial charge >= 0.3 is 11.9 Å². The van der Waals surface area contributed by atoms with Crippen molar-refractivity contribution in [2.45, 2.75) is 42.0 Å². The van der Waals surface area contributed by atoms with Crippen LogP contribution < -0.4 is 5.32 Å². The predicted octanol–water partition coefficient (Wildman–Crippen LogP) is 4.08. The Morgan fingerprint density at radius 3 is 2.16 bits per heavy atom. The van der Waals surface area contributed by atoms with Crippen LogP contribution in [-0.4, -0.2) is 54.1 Å². The first-order valence-corrected chi connectivity index (χ1v) is 13.8. The number of benzene rings is 2. The third kappa shape index (κ3) is 6.38. The smallest absolute Gasteiger partial charge is 0.339 e. The minimum Gasteiger partial charge on any atom is -0.462 e. The lowest BCUT2D eigenvalue weighted by molar-refractivity contribution is -0.121. The molecule has 1 aliphatic rings. The Labute approximate surface area is 230 Å². The molecule has 0 aliphatic carbocycles. The molecule has 200 valence electrons. The van der Waals surface area contributed by atoms with E-state index in [1.165, 1.54) is 24.3 Å². The SMILES string of the molecule is CCOC(=O)c1ccc2c(c1C(=O)OCC)C(NC(=O)C(Cl)(Cl)Cl)CN(S(=O)(=O)c1ccc(C)cc1)C2. The van der Waals surface area contributed by atoms with E-state index in [-0.39, 0.29) is 47.9 Å². The van der Waals surface area contributed by atoms with Crippen molar-refractivity contribution in [1.29, 1.82) is 0 Å².